The van der Waals surface area contributed by atoms with Crippen LogP contribution in [0.25, 0.3) is 0 Å². The highest BCUT2D eigenvalue weighted by Gasteiger charge is 2.16. The van der Waals surface area contributed by atoms with Gasteiger partial charge < -0.3 is 15.5 Å². The van der Waals surface area contributed by atoms with E-state index in [1.54, 1.807) is 6.20 Å². The molecule has 166 valence electrons. The molecule has 2 heterocycles. The van der Waals surface area contributed by atoms with Gasteiger partial charge in [-0.1, -0.05) is 36.4 Å². The van der Waals surface area contributed by atoms with Gasteiger partial charge in [0.25, 0.3) is 0 Å². The van der Waals surface area contributed by atoms with Gasteiger partial charge in [-0.2, -0.15) is 16.9 Å². The van der Waals surface area contributed by atoms with Crippen LogP contribution in [0, 0.1) is 0 Å². The first-order chi connectivity index (χ1) is 15.7. The van der Waals surface area contributed by atoms with E-state index in [1.807, 2.05) is 82.1 Å². The summed E-state index contributed by atoms with van der Waals surface area (Å²) in [6.07, 6.45) is 4.09. The summed E-state index contributed by atoms with van der Waals surface area (Å²) in [5.41, 5.74) is 3.83. The molecule has 3 aromatic rings. The standard InChI is InChI=1S/C24H27N5O2S/c30-23(28-12-14-32-15-13-28)16-19-6-8-22(9-7-19)27-24(31)25-17-20-2-4-21(5-3-20)18-29-11-1-10-26-29/h1-11H,12-18H2,(H2,25,27,31). The number of amides is 3. The Labute approximate surface area is 192 Å². The topological polar surface area (TPSA) is 79.3 Å². The van der Waals surface area contributed by atoms with Gasteiger partial charge in [0.05, 0.1) is 13.0 Å². The number of rotatable bonds is 7. The van der Waals surface area contributed by atoms with Gasteiger partial charge in [-0.3, -0.25) is 9.48 Å². The van der Waals surface area contributed by atoms with E-state index in [0.29, 0.717) is 18.7 Å². The number of carbonyl (C=O) groups is 2. The second-order valence-electron chi connectivity index (χ2n) is 7.69. The first kappa shape index (κ1) is 22.0. The highest BCUT2D eigenvalue weighted by atomic mass is 32.2. The van der Waals surface area contributed by atoms with Gasteiger partial charge in [0.2, 0.25) is 5.91 Å². The number of urea groups is 1. The SMILES string of the molecule is O=C(NCc1ccc(Cn2cccn2)cc1)Nc1ccc(CC(=O)N2CCSCC2)cc1. The fraction of sp³-hybridized carbons (Fsp3) is 0.292. The Kier molecular flexibility index (Phi) is 7.45. The van der Waals surface area contributed by atoms with E-state index < -0.39 is 0 Å². The molecule has 1 saturated heterocycles. The number of aromatic nitrogens is 2. The lowest BCUT2D eigenvalue weighted by molar-refractivity contribution is -0.130. The summed E-state index contributed by atoms with van der Waals surface area (Å²) in [4.78, 5) is 26.6. The van der Waals surface area contributed by atoms with Crippen LogP contribution in [-0.2, 0) is 24.3 Å². The van der Waals surface area contributed by atoms with Gasteiger partial charge in [0.15, 0.2) is 0 Å². The van der Waals surface area contributed by atoms with E-state index in [4.69, 9.17) is 0 Å². The highest BCUT2D eigenvalue weighted by Crippen LogP contribution is 2.14. The van der Waals surface area contributed by atoms with Crippen LogP contribution in [0.3, 0.4) is 0 Å². The zero-order valence-corrected chi connectivity index (χ0v) is 18.7. The van der Waals surface area contributed by atoms with E-state index in [9.17, 15) is 9.59 Å². The molecule has 1 aliphatic rings. The predicted molar refractivity (Wildman–Crippen MR) is 128 cm³/mol. The zero-order chi connectivity index (χ0) is 22.2. The number of benzene rings is 2. The molecule has 0 bridgehead atoms. The van der Waals surface area contributed by atoms with Crippen molar-refractivity contribution in [3.05, 3.63) is 83.7 Å². The van der Waals surface area contributed by atoms with E-state index >= 15 is 0 Å². The maximum absolute atomic E-state index is 12.4. The average molecular weight is 450 g/mol. The van der Waals surface area contributed by atoms with Crippen molar-refractivity contribution in [2.75, 3.05) is 29.9 Å². The molecule has 0 saturated carbocycles. The molecule has 1 aliphatic heterocycles. The normalized spacial score (nSPS) is 13.6. The molecule has 2 N–H and O–H groups in total. The summed E-state index contributed by atoms with van der Waals surface area (Å²) in [5.74, 6) is 2.19. The maximum Gasteiger partial charge on any atom is 0.319 e. The quantitative estimate of drug-likeness (QED) is 0.580. The molecule has 0 aliphatic carbocycles. The minimum absolute atomic E-state index is 0.166. The molecule has 4 rings (SSSR count). The molecule has 1 aromatic heterocycles. The summed E-state index contributed by atoms with van der Waals surface area (Å²) in [5, 5.41) is 9.92. The molecular weight excluding hydrogens is 422 g/mol. The fourth-order valence-electron chi connectivity index (χ4n) is 3.51. The molecule has 0 radical (unpaired) electrons. The lowest BCUT2D eigenvalue weighted by Gasteiger charge is -2.26. The van der Waals surface area contributed by atoms with Crippen molar-refractivity contribution < 1.29 is 9.59 Å². The van der Waals surface area contributed by atoms with Gasteiger partial charge in [-0.05, 0) is 34.9 Å². The van der Waals surface area contributed by atoms with E-state index in [0.717, 1.165) is 47.8 Å². The monoisotopic (exact) mass is 449 g/mol. The lowest BCUT2D eigenvalue weighted by atomic mass is 10.1. The highest BCUT2D eigenvalue weighted by molar-refractivity contribution is 7.99. The number of nitrogens with one attached hydrogen (secondary N) is 2. The number of hydrogen-bond acceptors (Lipinski definition) is 4. The van der Waals surface area contributed by atoms with E-state index in [-0.39, 0.29) is 11.9 Å². The number of thioether (sulfide) groups is 1. The van der Waals surface area contributed by atoms with Gasteiger partial charge >= 0.3 is 6.03 Å². The lowest BCUT2D eigenvalue weighted by Crippen LogP contribution is -2.38. The molecule has 2 aromatic carbocycles. The largest absolute Gasteiger partial charge is 0.341 e. The minimum Gasteiger partial charge on any atom is -0.341 e. The molecule has 0 atom stereocenters. The molecule has 0 spiro atoms. The first-order valence-corrected chi connectivity index (χ1v) is 11.9. The third kappa shape index (κ3) is 6.37. The smallest absolute Gasteiger partial charge is 0.319 e. The Morgan fingerprint density at radius 1 is 0.938 bits per heavy atom. The van der Waals surface area contributed by atoms with Crippen LogP contribution in [0.4, 0.5) is 10.5 Å². The number of hydrogen-bond donors (Lipinski definition) is 2. The average Bonchev–Trinajstić information content (AvgIpc) is 3.33. The minimum atomic E-state index is -0.264. The third-order valence-electron chi connectivity index (χ3n) is 5.31. The molecule has 3 amide bonds. The van der Waals surface area contributed by atoms with Crippen molar-refractivity contribution in [2.45, 2.75) is 19.5 Å². The number of anilines is 1. The molecule has 1 fully saturated rings. The molecule has 8 heteroatoms. The summed E-state index contributed by atoms with van der Waals surface area (Å²) >= 11 is 1.89. The van der Waals surface area contributed by atoms with Gasteiger partial charge in [-0.25, -0.2) is 4.79 Å². The first-order valence-electron chi connectivity index (χ1n) is 10.7. The zero-order valence-electron chi connectivity index (χ0n) is 17.9. The molecule has 32 heavy (non-hydrogen) atoms. The molecular formula is C24H27N5O2S. The summed E-state index contributed by atoms with van der Waals surface area (Å²) in [7, 11) is 0. The second kappa shape index (κ2) is 10.9. The van der Waals surface area contributed by atoms with Crippen LogP contribution in [0.1, 0.15) is 16.7 Å². The summed E-state index contributed by atoms with van der Waals surface area (Å²) in [6, 6.07) is 17.2. The van der Waals surface area contributed by atoms with Gasteiger partial charge in [0, 0.05) is 49.2 Å². The van der Waals surface area contributed by atoms with Crippen LogP contribution in [0.2, 0.25) is 0 Å². The van der Waals surface area contributed by atoms with Gasteiger partial charge in [0.1, 0.15) is 0 Å². The fourth-order valence-corrected chi connectivity index (χ4v) is 4.41. The van der Waals surface area contributed by atoms with Crippen molar-refractivity contribution in [3.8, 4) is 0 Å². The van der Waals surface area contributed by atoms with Crippen molar-refractivity contribution in [1.82, 2.24) is 20.0 Å². The van der Waals surface area contributed by atoms with Crippen LogP contribution in [0.5, 0.6) is 0 Å². The number of nitrogens with zero attached hydrogens (tertiary/aromatic N) is 3. The Morgan fingerprint density at radius 3 is 2.31 bits per heavy atom. The van der Waals surface area contributed by atoms with Crippen molar-refractivity contribution >= 4 is 29.4 Å². The van der Waals surface area contributed by atoms with Crippen molar-refractivity contribution in [2.24, 2.45) is 0 Å². The summed E-state index contributed by atoms with van der Waals surface area (Å²) in [6.45, 7) is 2.82. The summed E-state index contributed by atoms with van der Waals surface area (Å²) < 4.78 is 1.87. The van der Waals surface area contributed by atoms with Crippen molar-refractivity contribution in [3.63, 3.8) is 0 Å². The Bertz CT molecular complexity index is 1010. The van der Waals surface area contributed by atoms with Crippen LogP contribution < -0.4 is 10.6 Å². The second-order valence-corrected chi connectivity index (χ2v) is 8.92. The van der Waals surface area contributed by atoms with Crippen LogP contribution in [0.15, 0.2) is 67.0 Å². The predicted octanol–water partition coefficient (Wildman–Crippen LogP) is 3.37. The van der Waals surface area contributed by atoms with Crippen molar-refractivity contribution in [1.29, 1.82) is 0 Å². The molecule has 0 unspecified atom stereocenters. The van der Waals surface area contributed by atoms with E-state index in [1.165, 1.54) is 0 Å². The Hall–Kier alpha value is -3.26. The third-order valence-corrected chi connectivity index (χ3v) is 6.25. The number of carbonyl (C=O) groups excluding carboxylic acids is 2. The maximum atomic E-state index is 12.4. The Morgan fingerprint density at radius 2 is 1.62 bits per heavy atom. The molecule has 7 nitrogen and oxygen atoms in total. The van der Waals surface area contributed by atoms with Crippen LogP contribution in [-0.4, -0.2) is 51.2 Å². The van der Waals surface area contributed by atoms with Crippen LogP contribution >= 0.6 is 11.8 Å². The van der Waals surface area contributed by atoms with E-state index in [2.05, 4.69) is 15.7 Å². The Balaban J connectivity index is 1.21. The van der Waals surface area contributed by atoms with Gasteiger partial charge in [-0.15, -0.1) is 0 Å².